The lowest BCUT2D eigenvalue weighted by Gasteiger charge is -2.30. The molecule has 0 radical (unpaired) electrons. The molecule has 6 heteroatoms. The molecule has 1 amide bonds. The average molecular weight is 311 g/mol. The number of rotatable bonds is 8. The van der Waals surface area contributed by atoms with Crippen LogP contribution in [0.3, 0.4) is 0 Å². The van der Waals surface area contributed by atoms with Crippen molar-refractivity contribution in [1.29, 1.82) is 0 Å². The van der Waals surface area contributed by atoms with Gasteiger partial charge in [-0.1, -0.05) is 32.0 Å². The van der Waals surface area contributed by atoms with Crippen molar-refractivity contribution < 1.29 is 24.9 Å². The third-order valence-corrected chi connectivity index (χ3v) is 3.51. The number of para-hydroxylation sites is 1. The van der Waals surface area contributed by atoms with Crippen LogP contribution in [0, 0.1) is 0 Å². The number of nitrogens with one attached hydrogen (secondary N) is 1. The van der Waals surface area contributed by atoms with E-state index in [9.17, 15) is 20.1 Å². The third kappa shape index (κ3) is 4.43. The molecule has 0 bridgehead atoms. The molecule has 1 aromatic carbocycles. The smallest absolute Gasteiger partial charge is 0.261 e. The summed E-state index contributed by atoms with van der Waals surface area (Å²) in [4.78, 5) is 12.2. The Kier molecular flexibility index (Phi) is 6.80. The van der Waals surface area contributed by atoms with Gasteiger partial charge in [0.25, 0.3) is 5.91 Å². The summed E-state index contributed by atoms with van der Waals surface area (Å²) >= 11 is 0. The van der Waals surface area contributed by atoms with Gasteiger partial charge in [0, 0.05) is 0 Å². The second-order valence-corrected chi connectivity index (χ2v) is 5.70. The predicted molar refractivity (Wildman–Crippen MR) is 82.8 cm³/mol. The topological polar surface area (TPSA) is 99.0 Å². The second kappa shape index (κ2) is 8.12. The van der Waals surface area contributed by atoms with Gasteiger partial charge in [0.15, 0.2) is 6.10 Å². The van der Waals surface area contributed by atoms with Crippen LogP contribution in [0.4, 0.5) is 0 Å². The third-order valence-electron chi connectivity index (χ3n) is 3.51. The number of hydrogen-bond donors (Lipinski definition) is 4. The van der Waals surface area contributed by atoms with Crippen LogP contribution in [0.1, 0.15) is 32.3 Å². The highest BCUT2D eigenvalue weighted by Crippen LogP contribution is 2.26. The maximum Gasteiger partial charge on any atom is 0.261 e. The molecule has 22 heavy (non-hydrogen) atoms. The van der Waals surface area contributed by atoms with Crippen LogP contribution in [-0.2, 0) is 4.79 Å². The highest BCUT2D eigenvalue weighted by atomic mass is 16.5. The van der Waals surface area contributed by atoms with E-state index in [1.807, 2.05) is 32.0 Å². The first kappa shape index (κ1) is 18.4. The lowest BCUT2D eigenvalue weighted by atomic mass is 10.0. The highest BCUT2D eigenvalue weighted by Gasteiger charge is 2.32. The van der Waals surface area contributed by atoms with E-state index in [0.717, 1.165) is 5.56 Å². The van der Waals surface area contributed by atoms with Crippen LogP contribution >= 0.6 is 0 Å². The van der Waals surface area contributed by atoms with Crippen molar-refractivity contribution in [3.05, 3.63) is 29.8 Å². The van der Waals surface area contributed by atoms with E-state index in [1.165, 1.54) is 0 Å². The Balaban J connectivity index is 2.81. The Bertz CT molecular complexity index is 477. The predicted octanol–water partition coefficient (Wildman–Crippen LogP) is 0.409. The van der Waals surface area contributed by atoms with Crippen molar-refractivity contribution in [2.24, 2.45) is 0 Å². The summed E-state index contributed by atoms with van der Waals surface area (Å²) in [5.41, 5.74) is -0.466. The Morgan fingerprint density at radius 2 is 1.68 bits per heavy atom. The number of aliphatic hydroxyl groups is 3. The van der Waals surface area contributed by atoms with Gasteiger partial charge >= 0.3 is 0 Å². The van der Waals surface area contributed by atoms with Crippen LogP contribution in [0.15, 0.2) is 24.3 Å². The molecule has 0 aliphatic carbocycles. The maximum atomic E-state index is 12.2. The van der Waals surface area contributed by atoms with Crippen molar-refractivity contribution >= 4 is 5.91 Å². The van der Waals surface area contributed by atoms with Crippen LogP contribution in [0.25, 0.3) is 0 Å². The van der Waals surface area contributed by atoms with E-state index >= 15 is 0 Å². The normalized spacial score (nSPS) is 13.0. The molecule has 1 rings (SSSR count). The van der Waals surface area contributed by atoms with E-state index in [1.54, 1.807) is 13.0 Å². The molecule has 0 aromatic heterocycles. The summed E-state index contributed by atoms with van der Waals surface area (Å²) in [7, 11) is 0. The van der Waals surface area contributed by atoms with Crippen LogP contribution in [0.2, 0.25) is 0 Å². The van der Waals surface area contributed by atoms with Crippen molar-refractivity contribution in [2.45, 2.75) is 38.3 Å². The van der Waals surface area contributed by atoms with Gasteiger partial charge in [-0.2, -0.15) is 0 Å². The Morgan fingerprint density at radius 3 is 2.18 bits per heavy atom. The Morgan fingerprint density at radius 1 is 1.14 bits per heavy atom. The first-order chi connectivity index (χ1) is 10.4. The molecule has 0 saturated heterocycles. The molecule has 0 spiro atoms. The van der Waals surface area contributed by atoms with Crippen molar-refractivity contribution in [2.75, 3.05) is 19.8 Å². The average Bonchev–Trinajstić information content (AvgIpc) is 2.52. The lowest BCUT2D eigenvalue weighted by Crippen LogP contribution is -2.59. The van der Waals surface area contributed by atoms with Crippen LogP contribution in [-0.4, -0.2) is 52.7 Å². The first-order valence-electron chi connectivity index (χ1n) is 7.29. The zero-order chi connectivity index (χ0) is 16.8. The Labute approximate surface area is 130 Å². The summed E-state index contributed by atoms with van der Waals surface area (Å²) in [6.07, 6.45) is -0.830. The maximum absolute atomic E-state index is 12.2. The van der Waals surface area contributed by atoms with E-state index < -0.39 is 37.4 Å². The number of hydrogen-bond acceptors (Lipinski definition) is 5. The molecule has 124 valence electrons. The molecule has 0 aliphatic rings. The van der Waals surface area contributed by atoms with Gasteiger partial charge in [-0.3, -0.25) is 4.79 Å². The highest BCUT2D eigenvalue weighted by molar-refractivity contribution is 5.81. The molecule has 0 fully saturated rings. The van der Waals surface area contributed by atoms with E-state index in [-0.39, 0.29) is 5.92 Å². The van der Waals surface area contributed by atoms with Gasteiger partial charge in [-0.25, -0.2) is 0 Å². The zero-order valence-corrected chi connectivity index (χ0v) is 13.2. The molecule has 1 aromatic rings. The summed E-state index contributed by atoms with van der Waals surface area (Å²) in [6.45, 7) is 3.93. The zero-order valence-electron chi connectivity index (χ0n) is 13.2. The SMILES string of the molecule is CC(Oc1ccccc1C(C)C)C(=O)NC(CO)(CO)CO. The quantitative estimate of drug-likeness (QED) is 0.557. The van der Waals surface area contributed by atoms with Gasteiger partial charge in [0.1, 0.15) is 11.3 Å². The summed E-state index contributed by atoms with van der Waals surface area (Å²) in [5.74, 6) is 0.344. The largest absolute Gasteiger partial charge is 0.481 e. The van der Waals surface area contributed by atoms with E-state index in [4.69, 9.17) is 4.74 Å². The number of ether oxygens (including phenoxy) is 1. The molecule has 6 nitrogen and oxygen atoms in total. The van der Waals surface area contributed by atoms with Gasteiger partial charge in [-0.05, 0) is 24.5 Å². The first-order valence-corrected chi connectivity index (χ1v) is 7.29. The van der Waals surface area contributed by atoms with E-state index in [0.29, 0.717) is 5.75 Å². The molecule has 4 N–H and O–H groups in total. The monoisotopic (exact) mass is 311 g/mol. The molecule has 0 aliphatic heterocycles. The van der Waals surface area contributed by atoms with Gasteiger partial charge in [0.2, 0.25) is 0 Å². The van der Waals surface area contributed by atoms with Gasteiger partial charge in [0.05, 0.1) is 19.8 Å². The summed E-state index contributed by atoms with van der Waals surface area (Å²) < 4.78 is 5.69. The second-order valence-electron chi connectivity index (χ2n) is 5.70. The fraction of sp³-hybridized carbons (Fsp3) is 0.562. The number of aliphatic hydroxyl groups excluding tert-OH is 3. The molecule has 1 unspecified atom stereocenters. The fourth-order valence-corrected chi connectivity index (χ4v) is 1.94. The standard InChI is InChI=1S/C16H25NO5/c1-11(2)13-6-4-5-7-14(13)22-12(3)15(21)17-16(8-18,9-19)10-20/h4-7,11-12,18-20H,8-10H2,1-3H3,(H,17,21). The number of carbonyl (C=O) groups excluding carboxylic acids is 1. The van der Waals surface area contributed by atoms with Crippen molar-refractivity contribution in [3.63, 3.8) is 0 Å². The van der Waals surface area contributed by atoms with Crippen LogP contribution < -0.4 is 10.1 Å². The van der Waals surface area contributed by atoms with Crippen LogP contribution in [0.5, 0.6) is 5.75 Å². The Hall–Kier alpha value is -1.63. The fourth-order valence-electron chi connectivity index (χ4n) is 1.94. The minimum atomic E-state index is -1.45. The van der Waals surface area contributed by atoms with Crippen molar-refractivity contribution in [1.82, 2.24) is 5.32 Å². The minimum absolute atomic E-state index is 0.248. The number of carbonyl (C=O) groups is 1. The number of benzene rings is 1. The van der Waals surface area contributed by atoms with Gasteiger partial charge in [-0.15, -0.1) is 0 Å². The molecule has 1 atom stereocenters. The molecular formula is C16H25NO5. The number of amides is 1. The minimum Gasteiger partial charge on any atom is -0.481 e. The summed E-state index contributed by atoms with van der Waals surface area (Å²) in [6, 6.07) is 7.45. The van der Waals surface area contributed by atoms with E-state index in [2.05, 4.69) is 5.32 Å². The molecule has 0 heterocycles. The molecular weight excluding hydrogens is 286 g/mol. The molecule has 0 saturated carbocycles. The van der Waals surface area contributed by atoms with Gasteiger partial charge < -0.3 is 25.4 Å². The van der Waals surface area contributed by atoms with Crippen molar-refractivity contribution in [3.8, 4) is 5.75 Å². The summed E-state index contributed by atoms with van der Waals surface area (Å²) in [5, 5.41) is 30.1. The lowest BCUT2D eigenvalue weighted by molar-refractivity contribution is -0.131.